The van der Waals surface area contributed by atoms with E-state index in [4.69, 9.17) is 4.74 Å². The van der Waals surface area contributed by atoms with Crippen LogP contribution in [0.4, 0.5) is 11.6 Å². The first kappa shape index (κ1) is 17.0. The highest BCUT2D eigenvalue weighted by molar-refractivity contribution is 5.54. The summed E-state index contributed by atoms with van der Waals surface area (Å²) in [6.07, 6.45) is 6.07. The molecule has 1 saturated heterocycles. The van der Waals surface area contributed by atoms with E-state index >= 15 is 0 Å². The zero-order chi connectivity index (χ0) is 17.6. The Morgan fingerprint density at radius 1 is 1.00 bits per heavy atom. The van der Waals surface area contributed by atoms with Crippen LogP contribution in [0.1, 0.15) is 25.8 Å². The number of rotatable bonds is 4. The maximum Gasteiger partial charge on any atom is 0.257 e. The van der Waals surface area contributed by atoms with E-state index < -0.39 is 0 Å². The van der Waals surface area contributed by atoms with Gasteiger partial charge in [-0.05, 0) is 32.4 Å². The minimum atomic E-state index is 0.0469. The highest BCUT2D eigenvalue weighted by Gasteiger charge is 2.22. The van der Waals surface area contributed by atoms with Crippen LogP contribution >= 0.6 is 0 Å². The number of aromatic nitrogens is 3. The average Bonchev–Trinajstić information content (AvgIpc) is 2.87. The van der Waals surface area contributed by atoms with Crippen LogP contribution in [0.2, 0.25) is 0 Å². The van der Waals surface area contributed by atoms with Crippen LogP contribution in [0.5, 0.6) is 5.88 Å². The molecule has 0 aliphatic carbocycles. The van der Waals surface area contributed by atoms with Gasteiger partial charge in [-0.2, -0.15) is 5.26 Å². The maximum absolute atomic E-state index is 9.31. The minimum Gasteiger partial charge on any atom is -0.472 e. The van der Waals surface area contributed by atoms with Crippen LogP contribution in [-0.4, -0.2) is 47.2 Å². The second-order valence-corrected chi connectivity index (χ2v) is 6.17. The standard InChI is InChI=1S/C18H22N6O/c1-14(2)25-18-17(21-7-8-22-18)24-10-4-9-23(11-12-24)16-15(13-19)5-3-6-20-16/h3,5-8,14H,4,9-12H2,1-2H3. The number of ether oxygens (including phenoxy) is 1. The third-order valence-electron chi connectivity index (χ3n) is 4.00. The molecule has 1 fully saturated rings. The van der Waals surface area contributed by atoms with E-state index in [9.17, 15) is 5.26 Å². The summed E-state index contributed by atoms with van der Waals surface area (Å²) in [4.78, 5) is 17.6. The average molecular weight is 338 g/mol. The molecule has 1 aliphatic heterocycles. The molecule has 7 heteroatoms. The summed E-state index contributed by atoms with van der Waals surface area (Å²) in [5.41, 5.74) is 0.610. The topological polar surface area (TPSA) is 78.2 Å². The Morgan fingerprint density at radius 3 is 2.40 bits per heavy atom. The Kier molecular flexibility index (Phi) is 5.29. The summed E-state index contributed by atoms with van der Waals surface area (Å²) in [5, 5.41) is 9.31. The van der Waals surface area contributed by atoms with Crippen molar-refractivity contribution in [2.45, 2.75) is 26.4 Å². The van der Waals surface area contributed by atoms with E-state index in [-0.39, 0.29) is 6.10 Å². The van der Waals surface area contributed by atoms with Gasteiger partial charge in [-0.3, -0.25) is 0 Å². The van der Waals surface area contributed by atoms with Crippen molar-refractivity contribution in [3.63, 3.8) is 0 Å². The SMILES string of the molecule is CC(C)Oc1nccnc1N1CCCN(c2ncccc2C#N)CC1. The molecule has 0 amide bonds. The van der Waals surface area contributed by atoms with Gasteiger partial charge in [-0.25, -0.2) is 15.0 Å². The highest BCUT2D eigenvalue weighted by atomic mass is 16.5. The van der Waals surface area contributed by atoms with Gasteiger partial charge in [0.15, 0.2) is 5.82 Å². The fraction of sp³-hybridized carbons (Fsp3) is 0.444. The van der Waals surface area contributed by atoms with Gasteiger partial charge in [0, 0.05) is 44.8 Å². The van der Waals surface area contributed by atoms with Crippen molar-refractivity contribution < 1.29 is 4.74 Å². The van der Waals surface area contributed by atoms with Gasteiger partial charge >= 0.3 is 0 Å². The molecule has 2 aromatic heterocycles. The van der Waals surface area contributed by atoms with E-state index in [1.807, 2.05) is 19.9 Å². The smallest absolute Gasteiger partial charge is 0.257 e. The van der Waals surface area contributed by atoms with Gasteiger partial charge in [-0.1, -0.05) is 0 Å². The molecular weight excluding hydrogens is 316 g/mol. The van der Waals surface area contributed by atoms with Crippen molar-refractivity contribution in [1.29, 1.82) is 5.26 Å². The Bertz CT molecular complexity index is 757. The van der Waals surface area contributed by atoms with Crippen molar-refractivity contribution in [2.75, 3.05) is 36.0 Å². The quantitative estimate of drug-likeness (QED) is 0.846. The predicted molar refractivity (Wildman–Crippen MR) is 95.8 cm³/mol. The summed E-state index contributed by atoms with van der Waals surface area (Å²) >= 11 is 0. The van der Waals surface area contributed by atoms with Crippen molar-refractivity contribution in [3.8, 4) is 11.9 Å². The fourth-order valence-corrected chi connectivity index (χ4v) is 2.92. The molecule has 130 valence electrons. The monoisotopic (exact) mass is 338 g/mol. The van der Waals surface area contributed by atoms with E-state index in [2.05, 4.69) is 30.8 Å². The summed E-state index contributed by atoms with van der Waals surface area (Å²) in [5.74, 6) is 2.10. The Hall–Kier alpha value is -2.88. The third-order valence-corrected chi connectivity index (χ3v) is 4.00. The van der Waals surface area contributed by atoms with Crippen molar-refractivity contribution >= 4 is 11.6 Å². The normalized spacial score (nSPS) is 15.0. The Morgan fingerprint density at radius 2 is 1.68 bits per heavy atom. The van der Waals surface area contributed by atoms with E-state index in [1.54, 1.807) is 24.7 Å². The van der Waals surface area contributed by atoms with Gasteiger partial charge in [0.2, 0.25) is 0 Å². The zero-order valence-corrected chi connectivity index (χ0v) is 14.6. The largest absolute Gasteiger partial charge is 0.472 e. The highest BCUT2D eigenvalue weighted by Crippen LogP contribution is 2.26. The summed E-state index contributed by atoms with van der Waals surface area (Å²) < 4.78 is 5.80. The number of hydrogen-bond donors (Lipinski definition) is 0. The van der Waals surface area contributed by atoms with Crippen LogP contribution in [-0.2, 0) is 0 Å². The molecule has 0 aromatic carbocycles. The third kappa shape index (κ3) is 3.97. The van der Waals surface area contributed by atoms with Gasteiger partial charge in [0.05, 0.1) is 11.7 Å². The lowest BCUT2D eigenvalue weighted by molar-refractivity contribution is 0.232. The van der Waals surface area contributed by atoms with Crippen LogP contribution in [0, 0.1) is 11.3 Å². The minimum absolute atomic E-state index is 0.0469. The van der Waals surface area contributed by atoms with Crippen molar-refractivity contribution in [3.05, 3.63) is 36.3 Å². The summed E-state index contributed by atoms with van der Waals surface area (Å²) in [6.45, 7) is 7.21. The molecule has 25 heavy (non-hydrogen) atoms. The molecule has 0 spiro atoms. The van der Waals surface area contributed by atoms with E-state index in [0.29, 0.717) is 11.4 Å². The number of nitrogens with zero attached hydrogens (tertiary/aromatic N) is 6. The predicted octanol–water partition coefficient (Wildman–Crippen LogP) is 2.25. The number of nitriles is 1. The molecule has 3 rings (SSSR count). The molecule has 1 aliphatic rings. The van der Waals surface area contributed by atoms with Crippen LogP contribution in [0.15, 0.2) is 30.7 Å². The molecule has 0 atom stereocenters. The molecule has 2 aromatic rings. The van der Waals surface area contributed by atoms with Crippen LogP contribution in [0.25, 0.3) is 0 Å². The van der Waals surface area contributed by atoms with Crippen LogP contribution < -0.4 is 14.5 Å². The van der Waals surface area contributed by atoms with E-state index in [1.165, 1.54) is 0 Å². The Balaban J connectivity index is 1.78. The second-order valence-electron chi connectivity index (χ2n) is 6.17. The maximum atomic E-state index is 9.31. The van der Waals surface area contributed by atoms with Gasteiger partial charge in [-0.15, -0.1) is 0 Å². The second kappa shape index (κ2) is 7.79. The first-order valence-corrected chi connectivity index (χ1v) is 8.51. The number of hydrogen-bond acceptors (Lipinski definition) is 7. The number of anilines is 2. The first-order valence-electron chi connectivity index (χ1n) is 8.51. The van der Waals surface area contributed by atoms with Gasteiger partial charge < -0.3 is 14.5 Å². The molecule has 0 unspecified atom stereocenters. The molecule has 3 heterocycles. The first-order chi connectivity index (χ1) is 12.2. The molecule has 0 N–H and O–H groups in total. The van der Waals surface area contributed by atoms with Crippen molar-refractivity contribution in [1.82, 2.24) is 15.0 Å². The molecule has 7 nitrogen and oxygen atoms in total. The Labute approximate surface area is 147 Å². The molecule has 0 radical (unpaired) electrons. The van der Waals surface area contributed by atoms with E-state index in [0.717, 1.165) is 44.2 Å². The summed E-state index contributed by atoms with van der Waals surface area (Å²) in [7, 11) is 0. The lowest BCUT2D eigenvalue weighted by Gasteiger charge is -2.25. The lowest BCUT2D eigenvalue weighted by atomic mass is 10.2. The number of pyridine rings is 1. The van der Waals surface area contributed by atoms with Gasteiger partial charge in [0.25, 0.3) is 5.88 Å². The zero-order valence-electron chi connectivity index (χ0n) is 14.6. The molecule has 0 saturated carbocycles. The van der Waals surface area contributed by atoms with Crippen LogP contribution in [0.3, 0.4) is 0 Å². The van der Waals surface area contributed by atoms with Crippen molar-refractivity contribution in [2.24, 2.45) is 0 Å². The summed E-state index contributed by atoms with van der Waals surface area (Å²) in [6, 6.07) is 5.83. The fourth-order valence-electron chi connectivity index (χ4n) is 2.92. The molecule has 0 bridgehead atoms. The molecular formula is C18H22N6O. The lowest BCUT2D eigenvalue weighted by Crippen LogP contribution is -2.32. The van der Waals surface area contributed by atoms with Gasteiger partial charge in [0.1, 0.15) is 11.9 Å².